The van der Waals surface area contributed by atoms with Crippen molar-refractivity contribution in [3.63, 3.8) is 0 Å². The van der Waals surface area contributed by atoms with Crippen molar-refractivity contribution >= 4 is 11.5 Å². The third-order valence-corrected chi connectivity index (χ3v) is 4.76. The Bertz CT molecular complexity index is 1240. The molecule has 0 radical (unpaired) electrons. The third-order valence-electron chi connectivity index (χ3n) is 4.76. The van der Waals surface area contributed by atoms with E-state index in [0.717, 1.165) is 29.0 Å². The van der Waals surface area contributed by atoms with E-state index in [9.17, 15) is 8.78 Å². The van der Waals surface area contributed by atoms with Crippen molar-refractivity contribution in [1.82, 2.24) is 24.6 Å². The second-order valence-corrected chi connectivity index (χ2v) is 6.66. The van der Waals surface area contributed by atoms with Gasteiger partial charge in [0.1, 0.15) is 29.5 Å². The van der Waals surface area contributed by atoms with Crippen LogP contribution in [0.2, 0.25) is 0 Å². The first-order valence-corrected chi connectivity index (χ1v) is 9.57. The Labute approximate surface area is 176 Å². The van der Waals surface area contributed by atoms with Crippen molar-refractivity contribution in [2.45, 2.75) is 20.4 Å². The predicted molar refractivity (Wildman–Crippen MR) is 110 cm³/mol. The molecule has 4 aromatic rings. The Hall–Kier alpha value is -3.82. The Morgan fingerprint density at radius 1 is 1.16 bits per heavy atom. The summed E-state index contributed by atoms with van der Waals surface area (Å²) < 4.78 is 39.9. The van der Waals surface area contributed by atoms with Crippen LogP contribution in [-0.2, 0) is 6.54 Å². The zero-order valence-corrected chi connectivity index (χ0v) is 17.2. The average Bonchev–Trinajstić information content (AvgIpc) is 3.23. The molecule has 0 spiro atoms. The van der Waals surface area contributed by atoms with E-state index in [1.54, 1.807) is 16.9 Å². The van der Waals surface area contributed by atoms with Crippen LogP contribution in [0.3, 0.4) is 0 Å². The molecule has 0 atom stereocenters. The van der Waals surface area contributed by atoms with E-state index >= 15 is 0 Å². The number of halogens is 2. The van der Waals surface area contributed by atoms with E-state index in [-0.39, 0.29) is 17.9 Å². The molecular formula is C21H20F2N6O2. The second-order valence-electron chi connectivity index (χ2n) is 6.66. The maximum Gasteiger partial charge on any atom is 0.316 e. The summed E-state index contributed by atoms with van der Waals surface area (Å²) in [4.78, 5) is 8.61. The Morgan fingerprint density at radius 2 is 2.00 bits per heavy atom. The number of pyridine rings is 1. The van der Waals surface area contributed by atoms with Crippen molar-refractivity contribution < 1.29 is 18.3 Å². The maximum absolute atomic E-state index is 14.3. The van der Waals surface area contributed by atoms with Crippen LogP contribution < -0.4 is 14.8 Å². The van der Waals surface area contributed by atoms with Crippen molar-refractivity contribution in [3.05, 3.63) is 59.7 Å². The zero-order valence-electron chi connectivity index (χ0n) is 17.2. The van der Waals surface area contributed by atoms with Gasteiger partial charge in [-0.15, -0.1) is 10.2 Å². The molecule has 0 saturated heterocycles. The number of methoxy groups -OCH3 is 1. The molecule has 3 aromatic heterocycles. The molecule has 31 heavy (non-hydrogen) atoms. The second kappa shape index (κ2) is 8.50. The van der Waals surface area contributed by atoms with Gasteiger partial charge in [0.2, 0.25) is 0 Å². The van der Waals surface area contributed by atoms with E-state index < -0.39 is 11.6 Å². The minimum Gasteiger partial charge on any atom is -0.496 e. The number of aromatic nitrogens is 5. The fourth-order valence-corrected chi connectivity index (χ4v) is 3.29. The van der Waals surface area contributed by atoms with Gasteiger partial charge < -0.3 is 14.8 Å². The number of nitrogens with zero attached hydrogens (tertiary/aromatic N) is 5. The van der Waals surface area contributed by atoms with Crippen molar-refractivity contribution in [1.29, 1.82) is 0 Å². The molecule has 160 valence electrons. The first-order chi connectivity index (χ1) is 15.0. The van der Waals surface area contributed by atoms with Crippen molar-refractivity contribution in [2.75, 3.05) is 19.0 Å². The van der Waals surface area contributed by atoms with E-state index in [1.807, 2.05) is 26.0 Å². The minimum absolute atomic E-state index is 0.0765. The molecule has 0 aliphatic rings. The lowest BCUT2D eigenvalue weighted by atomic mass is 10.1. The normalized spacial score (nSPS) is 11.0. The van der Waals surface area contributed by atoms with Crippen LogP contribution in [0.1, 0.15) is 18.2 Å². The molecule has 10 heteroatoms. The molecule has 0 amide bonds. The fraction of sp³-hybridized carbons (Fsp3) is 0.238. The highest BCUT2D eigenvalue weighted by molar-refractivity contribution is 5.79. The van der Waals surface area contributed by atoms with Crippen LogP contribution in [0.5, 0.6) is 11.8 Å². The van der Waals surface area contributed by atoms with Gasteiger partial charge in [-0.25, -0.2) is 13.8 Å². The number of anilines is 1. The number of aryl methyl sites for hydroxylation is 1. The summed E-state index contributed by atoms with van der Waals surface area (Å²) in [6, 6.07) is 5.96. The fourth-order valence-electron chi connectivity index (χ4n) is 3.29. The number of hydrogen-bond donors (Lipinski definition) is 1. The van der Waals surface area contributed by atoms with Gasteiger partial charge in [-0.2, -0.15) is 4.98 Å². The summed E-state index contributed by atoms with van der Waals surface area (Å²) in [5, 5.41) is 11.3. The number of benzene rings is 1. The summed E-state index contributed by atoms with van der Waals surface area (Å²) in [5.74, 6) is -0.637. The van der Waals surface area contributed by atoms with Gasteiger partial charge in [0.15, 0.2) is 5.65 Å². The van der Waals surface area contributed by atoms with Gasteiger partial charge in [0.05, 0.1) is 19.4 Å². The minimum atomic E-state index is -0.698. The number of hydrogen-bond acceptors (Lipinski definition) is 7. The van der Waals surface area contributed by atoms with Crippen LogP contribution in [0.25, 0.3) is 16.8 Å². The summed E-state index contributed by atoms with van der Waals surface area (Å²) in [6.07, 6.45) is 3.23. The van der Waals surface area contributed by atoms with Crippen molar-refractivity contribution in [2.24, 2.45) is 0 Å². The van der Waals surface area contributed by atoms with E-state index in [2.05, 4.69) is 25.5 Å². The molecule has 0 aliphatic heterocycles. The first kappa shape index (κ1) is 20.5. The van der Waals surface area contributed by atoms with E-state index in [1.165, 1.54) is 7.11 Å². The molecule has 1 N–H and O–H groups in total. The van der Waals surface area contributed by atoms with Gasteiger partial charge in [0.25, 0.3) is 0 Å². The zero-order chi connectivity index (χ0) is 22.0. The summed E-state index contributed by atoms with van der Waals surface area (Å²) in [7, 11) is 1.37. The molecule has 0 bridgehead atoms. The molecule has 3 heterocycles. The van der Waals surface area contributed by atoms with Crippen molar-refractivity contribution in [3.8, 4) is 22.9 Å². The quantitative estimate of drug-likeness (QED) is 0.481. The van der Waals surface area contributed by atoms with Crippen LogP contribution >= 0.6 is 0 Å². The van der Waals surface area contributed by atoms with Crippen LogP contribution in [0.4, 0.5) is 14.6 Å². The molecular weight excluding hydrogens is 406 g/mol. The van der Waals surface area contributed by atoms with Gasteiger partial charge in [-0.05, 0) is 26.0 Å². The molecule has 0 saturated carbocycles. The number of nitrogens with one attached hydrogen (secondary N) is 1. The van der Waals surface area contributed by atoms with Crippen LogP contribution in [-0.4, -0.2) is 38.3 Å². The SMILES string of the molecule is CCOc1ncc(-c2ccc(NCc3c(F)cc(F)cc3OC)n3cnnc23)c(C)n1. The average molecular weight is 426 g/mol. The Balaban J connectivity index is 1.67. The summed E-state index contributed by atoms with van der Waals surface area (Å²) >= 11 is 0. The lowest BCUT2D eigenvalue weighted by Gasteiger charge is -2.14. The monoisotopic (exact) mass is 426 g/mol. The largest absolute Gasteiger partial charge is 0.496 e. The Morgan fingerprint density at radius 3 is 2.74 bits per heavy atom. The first-order valence-electron chi connectivity index (χ1n) is 9.57. The van der Waals surface area contributed by atoms with Gasteiger partial charge in [-0.3, -0.25) is 4.40 Å². The lowest BCUT2D eigenvalue weighted by molar-refractivity contribution is 0.312. The van der Waals surface area contributed by atoms with E-state index in [4.69, 9.17) is 9.47 Å². The Kier molecular flexibility index (Phi) is 5.61. The summed E-state index contributed by atoms with van der Waals surface area (Å²) in [5.41, 5.74) is 3.10. The van der Waals surface area contributed by atoms with E-state index in [0.29, 0.717) is 24.1 Å². The highest BCUT2D eigenvalue weighted by atomic mass is 19.1. The lowest BCUT2D eigenvalue weighted by Crippen LogP contribution is -2.08. The molecule has 0 unspecified atom stereocenters. The van der Waals surface area contributed by atoms with Crippen LogP contribution in [0.15, 0.2) is 36.8 Å². The number of ether oxygens (including phenoxy) is 2. The maximum atomic E-state index is 14.3. The predicted octanol–water partition coefficient (Wildman–Crippen LogP) is 3.79. The molecule has 0 fully saturated rings. The third kappa shape index (κ3) is 3.96. The molecule has 4 rings (SSSR count). The smallest absolute Gasteiger partial charge is 0.316 e. The highest BCUT2D eigenvalue weighted by Gasteiger charge is 2.16. The van der Waals surface area contributed by atoms with Crippen LogP contribution in [0, 0.1) is 18.6 Å². The molecule has 1 aromatic carbocycles. The number of fused-ring (bicyclic) bond motifs is 1. The van der Waals surface area contributed by atoms with Gasteiger partial charge in [0, 0.05) is 41.6 Å². The number of rotatable bonds is 7. The summed E-state index contributed by atoms with van der Waals surface area (Å²) in [6.45, 7) is 4.29. The standard InChI is InChI=1S/C21H20F2N6O2/c1-4-31-21-25-9-15(12(2)27-21)14-5-6-19(29-11-26-28-20(14)29)24-10-16-17(23)7-13(22)8-18(16)30-3/h5-9,11,24H,4,10H2,1-3H3. The molecule has 0 aliphatic carbocycles. The molecule has 8 nitrogen and oxygen atoms in total. The highest BCUT2D eigenvalue weighted by Crippen LogP contribution is 2.29. The van der Waals surface area contributed by atoms with Gasteiger partial charge >= 0.3 is 6.01 Å². The topological polar surface area (TPSA) is 86.5 Å². The van der Waals surface area contributed by atoms with Gasteiger partial charge in [-0.1, -0.05) is 0 Å².